The van der Waals surface area contributed by atoms with Gasteiger partial charge in [-0.1, -0.05) is 24.3 Å². The highest BCUT2D eigenvalue weighted by molar-refractivity contribution is 5.82. The maximum Gasteiger partial charge on any atom is 0.139 e. The van der Waals surface area contributed by atoms with E-state index in [0.717, 1.165) is 62.0 Å². The van der Waals surface area contributed by atoms with E-state index in [0.29, 0.717) is 30.0 Å². The van der Waals surface area contributed by atoms with Gasteiger partial charge in [0, 0.05) is 67.3 Å². The number of hydrogen-bond acceptors (Lipinski definition) is 11. The first-order valence-electron chi connectivity index (χ1n) is 16.4. The van der Waals surface area contributed by atoms with Crippen LogP contribution in [-0.2, 0) is 42.1 Å². The number of anilines is 6. The van der Waals surface area contributed by atoms with Gasteiger partial charge in [0.25, 0.3) is 0 Å². The van der Waals surface area contributed by atoms with E-state index in [1.807, 2.05) is 18.2 Å². The molecule has 11 heteroatoms. The standard InChI is InChI=1S/C23H28N4O2.C9H11NO.C6H8N2O/c1-4-25-13-24(3)10-18-9-21(29)23-19(22(18)25)12-26-14-27(23)11-17-8-16(7-15(2)28)5-6-20(17)26;1-7(11)6-8-2-4-9(10)5-3-8;7-4-1-2-6(9)5(8)3-4/h5-6,8-9,29H,4,7,10-14H2,1-3H3;2-5H,6,10H2,1H3;1-3,9H,7-8H2. The van der Waals surface area contributed by atoms with Gasteiger partial charge < -0.3 is 42.1 Å². The van der Waals surface area contributed by atoms with E-state index in [1.165, 1.54) is 40.2 Å². The summed E-state index contributed by atoms with van der Waals surface area (Å²) in [4.78, 5) is 31.6. The molecule has 0 fully saturated rings. The second kappa shape index (κ2) is 14.8. The number of phenols is 2. The summed E-state index contributed by atoms with van der Waals surface area (Å²) in [5.41, 5.74) is 27.0. The highest BCUT2D eigenvalue weighted by Crippen LogP contribution is 2.48. The Hall–Kier alpha value is -5.42. The van der Waals surface area contributed by atoms with Crippen molar-refractivity contribution in [3.05, 3.63) is 94.5 Å². The van der Waals surface area contributed by atoms with Crippen molar-refractivity contribution in [2.45, 2.75) is 53.2 Å². The number of fused-ring (bicyclic) bond motifs is 8. The molecule has 4 aromatic rings. The summed E-state index contributed by atoms with van der Waals surface area (Å²) in [6.07, 6.45) is 0.974. The Morgan fingerprint density at radius 3 is 1.98 bits per heavy atom. The maximum atomic E-state index is 11.5. The fraction of sp³-hybridized carbons (Fsp3) is 0.316. The molecule has 0 radical (unpaired) electrons. The predicted molar refractivity (Wildman–Crippen MR) is 198 cm³/mol. The number of nitrogens with two attached hydrogens (primary N) is 3. The van der Waals surface area contributed by atoms with Crippen molar-refractivity contribution in [1.29, 1.82) is 0 Å². The van der Waals surface area contributed by atoms with Crippen LogP contribution in [0.15, 0.2) is 66.7 Å². The van der Waals surface area contributed by atoms with Gasteiger partial charge >= 0.3 is 0 Å². The lowest BCUT2D eigenvalue weighted by Gasteiger charge is -2.48. The fourth-order valence-corrected chi connectivity index (χ4v) is 6.72. The van der Waals surface area contributed by atoms with E-state index in [-0.39, 0.29) is 17.3 Å². The molecule has 0 unspecified atom stereocenters. The first kappa shape index (κ1) is 34.9. The third-order valence-electron chi connectivity index (χ3n) is 8.77. The van der Waals surface area contributed by atoms with E-state index in [2.05, 4.69) is 51.8 Å². The summed E-state index contributed by atoms with van der Waals surface area (Å²) in [5, 5.41) is 19.8. The molecule has 4 aromatic carbocycles. The minimum absolute atomic E-state index is 0.0733. The number of benzene rings is 4. The zero-order valence-electron chi connectivity index (χ0n) is 28.7. The lowest BCUT2D eigenvalue weighted by Crippen LogP contribution is -2.48. The summed E-state index contributed by atoms with van der Waals surface area (Å²) in [5.74, 6) is 0.813. The SMILES string of the molecule is CC(=O)Cc1ccc(N)cc1.CCN1CN(C)Cc2cc(O)c3c(c21)CN1CN3Cc2cc(CC(C)=O)ccc21.Nc1ccc(O)c(N)c1. The van der Waals surface area contributed by atoms with Crippen molar-refractivity contribution in [1.82, 2.24) is 4.90 Å². The number of rotatable bonds is 5. The van der Waals surface area contributed by atoms with Gasteiger partial charge in [-0.2, -0.15) is 0 Å². The zero-order valence-corrected chi connectivity index (χ0v) is 28.7. The number of Topliss-reactive ketones (excluding diaryl/α,β-unsaturated/α-hetero) is 2. The van der Waals surface area contributed by atoms with Gasteiger partial charge in [-0.3, -0.25) is 14.5 Å². The van der Waals surface area contributed by atoms with Crippen LogP contribution < -0.4 is 31.9 Å². The fourth-order valence-electron chi connectivity index (χ4n) is 6.72. The summed E-state index contributed by atoms with van der Waals surface area (Å²) < 4.78 is 0. The van der Waals surface area contributed by atoms with E-state index in [1.54, 1.807) is 32.0 Å². The Labute approximate surface area is 288 Å². The predicted octanol–water partition coefficient (Wildman–Crippen LogP) is 5.01. The molecule has 3 aliphatic rings. The number of carbonyl (C=O) groups is 2. The summed E-state index contributed by atoms with van der Waals surface area (Å²) >= 11 is 0. The van der Waals surface area contributed by atoms with Crippen molar-refractivity contribution >= 4 is 45.7 Å². The summed E-state index contributed by atoms with van der Waals surface area (Å²) in [6.45, 7) is 10.4. The zero-order chi connectivity index (χ0) is 35.4. The van der Waals surface area contributed by atoms with Gasteiger partial charge in [-0.05, 0) is 92.5 Å². The quantitative estimate of drug-likeness (QED) is 0.111. The Morgan fingerprint density at radius 2 is 1.35 bits per heavy atom. The molecule has 8 N–H and O–H groups in total. The first-order chi connectivity index (χ1) is 23.3. The smallest absolute Gasteiger partial charge is 0.139 e. The van der Waals surface area contributed by atoms with Crippen molar-refractivity contribution in [3.63, 3.8) is 0 Å². The third-order valence-corrected chi connectivity index (χ3v) is 8.77. The molecular weight excluding hydrogens is 618 g/mol. The number of nitrogens with zero attached hydrogens (tertiary/aromatic N) is 4. The topological polar surface area (TPSA) is 166 Å². The molecule has 0 amide bonds. The minimum Gasteiger partial charge on any atom is -0.506 e. The molecule has 0 spiro atoms. The Bertz CT molecular complexity index is 1840. The maximum absolute atomic E-state index is 11.5. The van der Waals surface area contributed by atoms with Crippen molar-refractivity contribution in [3.8, 4) is 11.5 Å². The second-order valence-corrected chi connectivity index (χ2v) is 13.1. The average Bonchev–Trinajstić information content (AvgIpc) is 3.03. The number of ketones is 2. The second-order valence-electron chi connectivity index (χ2n) is 13.1. The Morgan fingerprint density at radius 1 is 0.694 bits per heavy atom. The van der Waals surface area contributed by atoms with Gasteiger partial charge in [0.05, 0.1) is 24.7 Å². The molecule has 3 aliphatic heterocycles. The van der Waals surface area contributed by atoms with Crippen LogP contribution >= 0.6 is 0 Å². The number of carbonyl (C=O) groups excluding carboxylic acids is 2. The molecule has 0 saturated carbocycles. The lowest BCUT2D eigenvalue weighted by molar-refractivity contribution is -0.117. The number of aromatic hydroxyl groups is 2. The lowest BCUT2D eigenvalue weighted by atomic mass is 9.94. The van der Waals surface area contributed by atoms with Gasteiger partial charge in [0.15, 0.2) is 0 Å². The Kier molecular flexibility index (Phi) is 10.5. The number of hydrogen-bond donors (Lipinski definition) is 5. The van der Waals surface area contributed by atoms with Gasteiger partial charge in [0.1, 0.15) is 23.1 Å². The molecule has 11 nitrogen and oxygen atoms in total. The average molecular weight is 666 g/mol. The molecule has 7 rings (SSSR count). The largest absolute Gasteiger partial charge is 0.506 e. The van der Waals surface area contributed by atoms with Crippen molar-refractivity contribution < 1.29 is 19.8 Å². The van der Waals surface area contributed by atoms with Crippen LogP contribution in [0.2, 0.25) is 0 Å². The van der Waals surface area contributed by atoms with Crippen molar-refractivity contribution in [2.24, 2.45) is 0 Å². The third kappa shape index (κ3) is 8.18. The number of phenolic OH excluding ortho intramolecular Hbond substituents is 2. The molecule has 49 heavy (non-hydrogen) atoms. The van der Waals surface area contributed by atoms with Crippen LogP contribution in [-0.4, -0.2) is 53.6 Å². The highest BCUT2D eigenvalue weighted by atomic mass is 16.3. The van der Waals surface area contributed by atoms with Gasteiger partial charge in [0.2, 0.25) is 0 Å². The van der Waals surface area contributed by atoms with Crippen LogP contribution in [0.3, 0.4) is 0 Å². The molecule has 2 bridgehead atoms. The van der Waals surface area contributed by atoms with Gasteiger partial charge in [-0.15, -0.1) is 0 Å². The van der Waals surface area contributed by atoms with Crippen LogP contribution in [0.4, 0.5) is 34.1 Å². The molecule has 0 saturated heterocycles. The van der Waals surface area contributed by atoms with Gasteiger partial charge in [-0.25, -0.2) is 0 Å². The molecule has 0 aromatic heterocycles. The van der Waals surface area contributed by atoms with E-state index in [4.69, 9.17) is 22.3 Å². The molecule has 258 valence electrons. The van der Waals surface area contributed by atoms with E-state index < -0.39 is 0 Å². The monoisotopic (exact) mass is 665 g/mol. The van der Waals surface area contributed by atoms with Crippen LogP contribution in [0, 0.1) is 0 Å². The van der Waals surface area contributed by atoms with E-state index in [9.17, 15) is 14.7 Å². The number of nitrogen functional groups attached to an aromatic ring is 3. The van der Waals surface area contributed by atoms with E-state index >= 15 is 0 Å². The molecular formula is C38H47N7O4. The molecule has 0 aliphatic carbocycles. The van der Waals surface area contributed by atoms with Crippen LogP contribution in [0.5, 0.6) is 11.5 Å². The van der Waals surface area contributed by atoms with Crippen molar-refractivity contribution in [2.75, 3.05) is 58.8 Å². The molecule has 0 atom stereocenters. The molecule has 3 heterocycles. The van der Waals surface area contributed by atoms with Crippen LogP contribution in [0.1, 0.15) is 48.6 Å². The minimum atomic E-state index is 0.0733. The Balaban J connectivity index is 0.000000191. The highest BCUT2D eigenvalue weighted by Gasteiger charge is 2.36. The van der Waals surface area contributed by atoms with Crippen LogP contribution in [0.25, 0.3) is 0 Å². The normalized spacial score (nSPS) is 14.3. The first-order valence-corrected chi connectivity index (χ1v) is 16.4. The summed E-state index contributed by atoms with van der Waals surface area (Å²) in [6, 6.07) is 20.3. The summed E-state index contributed by atoms with van der Waals surface area (Å²) in [7, 11) is 2.12.